The largest absolute Gasteiger partial charge is 0.495 e. The van der Waals surface area contributed by atoms with Crippen LogP contribution in [0.15, 0.2) is 42.5 Å². The van der Waals surface area contributed by atoms with Crippen LogP contribution in [0.1, 0.15) is 12.5 Å². The van der Waals surface area contributed by atoms with Crippen molar-refractivity contribution in [3.05, 3.63) is 56.6 Å². The van der Waals surface area contributed by atoms with Crippen molar-refractivity contribution in [2.24, 2.45) is 0 Å². The zero-order valence-electron chi connectivity index (χ0n) is 17.8. The van der Waals surface area contributed by atoms with Crippen LogP contribution in [-0.2, 0) is 4.79 Å². The fraction of sp³-hybridized carbons (Fsp3) is 0.217. The van der Waals surface area contributed by atoms with Gasteiger partial charge in [-0.25, -0.2) is 0 Å². The van der Waals surface area contributed by atoms with Crippen LogP contribution in [0.3, 0.4) is 0 Å². The molecule has 0 saturated carbocycles. The number of nitrogens with one attached hydrogen (secondary N) is 1. The third kappa shape index (κ3) is 6.31. The molecule has 0 radical (unpaired) electrons. The number of halogens is 2. The average molecular weight is 569 g/mol. The molecule has 1 N–H and O–H groups in total. The Balaban J connectivity index is 2.40. The summed E-state index contributed by atoms with van der Waals surface area (Å²) >= 11 is 8.22. The van der Waals surface area contributed by atoms with E-state index in [1.807, 2.05) is 13.0 Å². The lowest BCUT2D eigenvalue weighted by Crippen LogP contribution is -2.14. The Morgan fingerprint density at radius 2 is 1.91 bits per heavy atom. The fourth-order valence-electron chi connectivity index (χ4n) is 2.68. The van der Waals surface area contributed by atoms with Crippen molar-refractivity contribution in [3.8, 4) is 29.1 Å². The first-order chi connectivity index (χ1) is 15.4. The van der Waals surface area contributed by atoms with Crippen LogP contribution in [0.4, 0.5) is 5.69 Å². The molecule has 9 heteroatoms. The molecule has 168 valence electrons. The Labute approximate surface area is 205 Å². The second-order valence-electron chi connectivity index (χ2n) is 6.17. The second-order valence-corrected chi connectivity index (χ2v) is 7.74. The summed E-state index contributed by atoms with van der Waals surface area (Å²) in [6, 6.07) is 8.47. The zero-order chi connectivity index (χ0) is 23.7. The molecule has 0 fully saturated rings. The summed E-state index contributed by atoms with van der Waals surface area (Å²) in [5, 5.41) is 12.6. The van der Waals surface area contributed by atoms with Crippen LogP contribution in [0.5, 0.6) is 23.0 Å². The molecule has 0 bridgehead atoms. The number of hydrogen-bond acceptors (Lipinski definition) is 6. The van der Waals surface area contributed by atoms with Gasteiger partial charge in [0.05, 0.1) is 35.1 Å². The van der Waals surface area contributed by atoms with Crippen molar-refractivity contribution in [3.63, 3.8) is 0 Å². The Morgan fingerprint density at radius 3 is 2.50 bits per heavy atom. The highest BCUT2D eigenvalue weighted by Gasteiger charge is 2.17. The number of nitriles is 1. The highest BCUT2D eigenvalue weighted by molar-refractivity contribution is 14.1. The highest BCUT2D eigenvalue weighted by atomic mass is 127. The van der Waals surface area contributed by atoms with E-state index in [2.05, 4.69) is 34.5 Å². The smallest absolute Gasteiger partial charge is 0.266 e. The predicted molar refractivity (Wildman–Crippen MR) is 133 cm³/mol. The molecule has 0 saturated heterocycles. The summed E-state index contributed by atoms with van der Waals surface area (Å²) in [6.45, 7) is 6.26. The van der Waals surface area contributed by atoms with E-state index in [-0.39, 0.29) is 5.57 Å². The molecule has 0 aliphatic heterocycles. The van der Waals surface area contributed by atoms with Gasteiger partial charge in [-0.05, 0) is 53.3 Å². The molecule has 0 heterocycles. The van der Waals surface area contributed by atoms with Gasteiger partial charge in [0.2, 0.25) is 0 Å². The lowest BCUT2D eigenvalue weighted by molar-refractivity contribution is -0.112. The van der Waals surface area contributed by atoms with E-state index >= 15 is 0 Å². The molecule has 2 aromatic carbocycles. The fourth-order valence-corrected chi connectivity index (χ4v) is 3.69. The van der Waals surface area contributed by atoms with E-state index in [1.165, 1.54) is 32.4 Å². The third-order valence-electron chi connectivity index (χ3n) is 4.08. The van der Waals surface area contributed by atoms with Crippen LogP contribution in [0.2, 0.25) is 5.02 Å². The molecule has 0 aliphatic carbocycles. The van der Waals surface area contributed by atoms with Crippen LogP contribution < -0.4 is 24.3 Å². The molecule has 32 heavy (non-hydrogen) atoms. The quantitative estimate of drug-likeness (QED) is 0.177. The number of nitrogens with zero attached hydrogens (tertiary/aromatic N) is 1. The number of ether oxygens (including phenoxy) is 4. The van der Waals surface area contributed by atoms with Crippen molar-refractivity contribution < 1.29 is 23.7 Å². The average Bonchev–Trinajstić information content (AvgIpc) is 2.77. The minimum atomic E-state index is -0.616. The molecular formula is C23H22ClIN2O5. The predicted octanol–water partition coefficient (Wildman–Crippen LogP) is 5.47. The van der Waals surface area contributed by atoms with Crippen LogP contribution in [0, 0.1) is 14.9 Å². The van der Waals surface area contributed by atoms with E-state index in [4.69, 9.17) is 30.5 Å². The minimum absolute atomic E-state index is 0.112. The third-order valence-corrected chi connectivity index (χ3v) is 5.17. The summed E-state index contributed by atoms with van der Waals surface area (Å²) < 4.78 is 22.6. The van der Waals surface area contributed by atoms with Crippen molar-refractivity contribution in [2.45, 2.75) is 6.92 Å². The summed E-state index contributed by atoms with van der Waals surface area (Å²) in [6.07, 6.45) is 3.11. The van der Waals surface area contributed by atoms with Gasteiger partial charge in [-0.3, -0.25) is 4.79 Å². The monoisotopic (exact) mass is 568 g/mol. The normalized spacial score (nSPS) is 10.7. The molecule has 1 amide bonds. The van der Waals surface area contributed by atoms with Crippen molar-refractivity contribution >= 4 is 51.9 Å². The van der Waals surface area contributed by atoms with Gasteiger partial charge in [0.25, 0.3) is 5.91 Å². The van der Waals surface area contributed by atoms with Gasteiger partial charge in [-0.15, -0.1) is 0 Å². The number of carbonyl (C=O) groups is 1. The van der Waals surface area contributed by atoms with Crippen LogP contribution in [0.25, 0.3) is 6.08 Å². The van der Waals surface area contributed by atoms with Crippen molar-refractivity contribution in [1.29, 1.82) is 5.26 Å². The summed E-state index contributed by atoms with van der Waals surface area (Å²) in [5.74, 6) is 1.16. The lowest BCUT2D eigenvalue weighted by atomic mass is 10.1. The summed E-state index contributed by atoms with van der Waals surface area (Å²) in [7, 11) is 2.90. The number of rotatable bonds is 10. The molecule has 0 atom stereocenters. The maximum Gasteiger partial charge on any atom is 0.266 e. The molecule has 0 aliphatic rings. The first-order valence-corrected chi connectivity index (χ1v) is 10.9. The summed E-state index contributed by atoms with van der Waals surface area (Å²) in [5.41, 5.74) is 0.813. The Kier molecular flexibility index (Phi) is 9.68. The Morgan fingerprint density at radius 1 is 1.19 bits per heavy atom. The molecule has 0 aromatic heterocycles. The standard InChI is InChI=1S/C23H22ClIN2O5/c1-5-7-32-22-17(25)9-14(10-21(22)31-6-2)8-15(13-26)23(28)27-18-12-19(29-3)16(24)11-20(18)30-4/h5,8-12H,1,6-7H2,2-4H3,(H,27,28)/b15-8+. The number of methoxy groups -OCH3 is 2. The Bertz CT molecular complexity index is 1080. The van der Waals surface area contributed by atoms with E-state index in [0.29, 0.717) is 52.5 Å². The molecule has 2 rings (SSSR count). The Hall–Kier alpha value is -2.90. The lowest BCUT2D eigenvalue weighted by Gasteiger charge is -2.14. The van der Waals surface area contributed by atoms with Gasteiger partial charge in [-0.2, -0.15) is 5.26 Å². The van der Waals surface area contributed by atoms with Gasteiger partial charge in [0, 0.05) is 12.1 Å². The first kappa shape index (κ1) is 25.4. The molecule has 0 unspecified atom stereocenters. The maximum absolute atomic E-state index is 12.8. The number of carbonyl (C=O) groups excluding carboxylic acids is 1. The number of amides is 1. The SMILES string of the molecule is C=CCOc1c(I)cc(/C=C(\C#N)C(=O)Nc2cc(OC)c(Cl)cc2OC)cc1OCC. The number of anilines is 1. The molecule has 7 nitrogen and oxygen atoms in total. The number of hydrogen-bond donors (Lipinski definition) is 1. The van der Waals surface area contributed by atoms with E-state index in [9.17, 15) is 10.1 Å². The van der Waals surface area contributed by atoms with Gasteiger partial charge in [0.1, 0.15) is 29.7 Å². The topological polar surface area (TPSA) is 89.8 Å². The summed E-state index contributed by atoms with van der Waals surface area (Å²) in [4.78, 5) is 12.8. The van der Waals surface area contributed by atoms with Crippen molar-refractivity contribution in [1.82, 2.24) is 0 Å². The number of benzene rings is 2. The van der Waals surface area contributed by atoms with E-state index in [1.54, 1.807) is 18.2 Å². The van der Waals surface area contributed by atoms with Gasteiger partial charge < -0.3 is 24.3 Å². The highest BCUT2D eigenvalue weighted by Crippen LogP contribution is 2.37. The molecular weight excluding hydrogens is 547 g/mol. The van der Waals surface area contributed by atoms with Crippen LogP contribution >= 0.6 is 34.2 Å². The van der Waals surface area contributed by atoms with Gasteiger partial charge in [0.15, 0.2) is 11.5 Å². The van der Waals surface area contributed by atoms with E-state index in [0.717, 1.165) is 3.57 Å². The van der Waals surface area contributed by atoms with Crippen molar-refractivity contribution in [2.75, 3.05) is 32.8 Å². The molecule has 0 spiro atoms. The molecule has 2 aromatic rings. The van der Waals surface area contributed by atoms with Gasteiger partial charge >= 0.3 is 0 Å². The zero-order valence-corrected chi connectivity index (χ0v) is 20.7. The van der Waals surface area contributed by atoms with Gasteiger partial charge in [-0.1, -0.05) is 24.3 Å². The van der Waals surface area contributed by atoms with E-state index < -0.39 is 5.91 Å². The second kappa shape index (κ2) is 12.2. The minimum Gasteiger partial charge on any atom is -0.495 e. The maximum atomic E-state index is 12.8. The first-order valence-electron chi connectivity index (χ1n) is 9.43. The van der Waals surface area contributed by atoms with Crippen LogP contribution in [-0.4, -0.2) is 33.3 Å².